The van der Waals surface area contributed by atoms with Gasteiger partial charge in [0, 0.05) is 12.5 Å². The van der Waals surface area contributed by atoms with Crippen molar-refractivity contribution in [1.82, 2.24) is 26.6 Å². The van der Waals surface area contributed by atoms with Crippen molar-refractivity contribution in [1.29, 1.82) is 0 Å². The molecule has 1 heterocycles. The summed E-state index contributed by atoms with van der Waals surface area (Å²) in [6.45, 7) is 0.986. The van der Waals surface area contributed by atoms with Crippen LogP contribution in [0, 0.1) is 5.82 Å². The maximum Gasteiger partial charge on any atom is 0.243 e. The predicted molar refractivity (Wildman–Crippen MR) is 140 cm³/mol. The fraction of sp³-hybridized carbons (Fsp3) is 0.370. The standard InChI is InChI=1S/C27H33FN6O5/c1-16-11-21(26(38)32-16)34-27(39)22(13-17-5-3-2-4-6-17)33-24(36)15-30-23(35)14-31-25(37)20(29)12-18-7-9-19(28)10-8-18/h2-10,16,20-22H,11-15,29H2,1H3,(H,30,35)(H,31,37)(H,32,38)(H,33,36)(H,34,39)/t16?,20-,21?,22-/m1/s1. The summed E-state index contributed by atoms with van der Waals surface area (Å²) >= 11 is 0. The summed E-state index contributed by atoms with van der Waals surface area (Å²) in [5, 5.41) is 12.8. The van der Waals surface area contributed by atoms with E-state index in [1.807, 2.05) is 25.1 Å². The van der Waals surface area contributed by atoms with E-state index in [4.69, 9.17) is 5.73 Å². The lowest BCUT2D eigenvalue weighted by atomic mass is 10.0. The van der Waals surface area contributed by atoms with Gasteiger partial charge in [0.2, 0.25) is 29.5 Å². The number of nitrogens with two attached hydrogens (primary N) is 1. The van der Waals surface area contributed by atoms with Gasteiger partial charge in [0.25, 0.3) is 0 Å². The molecule has 1 fully saturated rings. The van der Waals surface area contributed by atoms with Gasteiger partial charge in [-0.1, -0.05) is 42.5 Å². The predicted octanol–water partition coefficient (Wildman–Crippen LogP) is -0.951. The molecule has 1 aliphatic rings. The molecular weight excluding hydrogens is 507 g/mol. The van der Waals surface area contributed by atoms with Gasteiger partial charge in [-0.05, 0) is 43.0 Å². The molecule has 2 aromatic rings. The second kappa shape index (κ2) is 14.0. The Morgan fingerprint density at radius 1 is 0.923 bits per heavy atom. The molecule has 12 heteroatoms. The minimum Gasteiger partial charge on any atom is -0.352 e. The summed E-state index contributed by atoms with van der Waals surface area (Å²) in [5.74, 6) is -3.04. The van der Waals surface area contributed by atoms with Crippen molar-refractivity contribution in [2.24, 2.45) is 5.73 Å². The third-order valence-corrected chi connectivity index (χ3v) is 6.12. The van der Waals surface area contributed by atoms with Crippen LogP contribution in [-0.2, 0) is 36.8 Å². The number of rotatable bonds is 12. The first-order valence-corrected chi connectivity index (χ1v) is 12.6. The minimum atomic E-state index is -0.982. The number of hydrogen-bond donors (Lipinski definition) is 6. The van der Waals surface area contributed by atoms with E-state index in [1.54, 1.807) is 12.1 Å². The quantitative estimate of drug-likeness (QED) is 0.203. The molecule has 0 bridgehead atoms. The molecular formula is C27H33FN6O5. The largest absolute Gasteiger partial charge is 0.352 e. The maximum absolute atomic E-state index is 13.0. The molecule has 0 aliphatic carbocycles. The molecule has 3 rings (SSSR count). The van der Waals surface area contributed by atoms with E-state index < -0.39 is 60.7 Å². The number of carbonyl (C=O) groups is 5. The number of amides is 5. The van der Waals surface area contributed by atoms with Crippen LogP contribution in [0.3, 0.4) is 0 Å². The van der Waals surface area contributed by atoms with E-state index in [-0.39, 0.29) is 24.8 Å². The second-order valence-electron chi connectivity index (χ2n) is 9.45. The summed E-state index contributed by atoms with van der Waals surface area (Å²) in [5.41, 5.74) is 7.31. The van der Waals surface area contributed by atoms with Gasteiger partial charge < -0.3 is 32.3 Å². The van der Waals surface area contributed by atoms with Crippen LogP contribution in [0.2, 0.25) is 0 Å². The zero-order chi connectivity index (χ0) is 28.4. The molecule has 0 saturated carbocycles. The number of carbonyl (C=O) groups excluding carboxylic acids is 5. The lowest BCUT2D eigenvalue weighted by Crippen LogP contribution is -2.54. The lowest BCUT2D eigenvalue weighted by molar-refractivity contribution is -0.131. The Bertz CT molecular complexity index is 1180. The fourth-order valence-corrected chi connectivity index (χ4v) is 4.07. The molecule has 4 atom stereocenters. The van der Waals surface area contributed by atoms with Gasteiger partial charge in [0.05, 0.1) is 19.1 Å². The Labute approximate surface area is 225 Å². The Hall–Kier alpha value is -4.32. The maximum atomic E-state index is 13.0. The first-order chi connectivity index (χ1) is 18.6. The number of hydrogen-bond acceptors (Lipinski definition) is 6. The molecule has 39 heavy (non-hydrogen) atoms. The third-order valence-electron chi connectivity index (χ3n) is 6.12. The van der Waals surface area contributed by atoms with Crippen molar-refractivity contribution in [3.63, 3.8) is 0 Å². The highest BCUT2D eigenvalue weighted by Crippen LogP contribution is 2.09. The van der Waals surface area contributed by atoms with Crippen LogP contribution in [0.1, 0.15) is 24.5 Å². The van der Waals surface area contributed by atoms with Crippen molar-refractivity contribution < 1.29 is 28.4 Å². The minimum absolute atomic E-state index is 0.0712. The van der Waals surface area contributed by atoms with Crippen LogP contribution in [-0.4, -0.2) is 66.8 Å². The SMILES string of the molecule is CC1CC(NC(=O)[C@@H](Cc2ccccc2)NC(=O)CNC(=O)CNC(=O)[C@H](N)Cc2ccc(F)cc2)C(=O)N1. The average molecular weight is 541 g/mol. The molecule has 1 aliphatic heterocycles. The summed E-state index contributed by atoms with van der Waals surface area (Å²) in [6, 6.07) is 11.9. The average Bonchev–Trinajstić information content (AvgIpc) is 3.23. The number of nitrogens with one attached hydrogen (secondary N) is 5. The molecule has 0 aromatic heterocycles. The normalized spacial score (nSPS) is 17.9. The van der Waals surface area contributed by atoms with E-state index in [1.165, 1.54) is 24.3 Å². The Balaban J connectivity index is 1.46. The molecule has 0 spiro atoms. The Morgan fingerprint density at radius 3 is 2.21 bits per heavy atom. The van der Waals surface area contributed by atoms with Crippen molar-refractivity contribution in [2.75, 3.05) is 13.1 Å². The molecule has 7 N–H and O–H groups in total. The number of halogens is 1. The monoisotopic (exact) mass is 540 g/mol. The highest BCUT2D eigenvalue weighted by atomic mass is 19.1. The van der Waals surface area contributed by atoms with Gasteiger partial charge in [-0.3, -0.25) is 24.0 Å². The molecule has 2 aromatic carbocycles. The molecule has 11 nitrogen and oxygen atoms in total. The molecule has 1 saturated heterocycles. The molecule has 5 amide bonds. The molecule has 0 radical (unpaired) electrons. The van der Waals surface area contributed by atoms with Crippen LogP contribution in [0.5, 0.6) is 0 Å². The van der Waals surface area contributed by atoms with Gasteiger partial charge in [-0.25, -0.2) is 4.39 Å². The first kappa shape index (κ1) is 29.2. The van der Waals surface area contributed by atoms with Crippen molar-refractivity contribution in [3.05, 3.63) is 71.5 Å². The highest BCUT2D eigenvalue weighted by molar-refractivity contribution is 5.94. The highest BCUT2D eigenvalue weighted by Gasteiger charge is 2.33. The van der Waals surface area contributed by atoms with E-state index in [0.29, 0.717) is 12.0 Å². The zero-order valence-electron chi connectivity index (χ0n) is 21.5. The third kappa shape index (κ3) is 9.49. The van der Waals surface area contributed by atoms with Crippen molar-refractivity contribution >= 4 is 29.5 Å². The second-order valence-corrected chi connectivity index (χ2v) is 9.45. The van der Waals surface area contributed by atoms with Crippen molar-refractivity contribution in [3.8, 4) is 0 Å². The molecule has 208 valence electrons. The fourth-order valence-electron chi connectivity index (χ4n) is 4.07. The molecule has 2 unspecified atom stereocenters. The Morgan fingerprint density at radius 2 is 1.56 bits per heavy atom. The van der Waals surface area contributed by atoms with Gasteiger partial charge in [-0.2, -0.15) is 0 Å². The topological polar surface area (TPSA) is 172 Å². The number of benzene rings is 2. The van der Waals surface area contributed by atoms with Gasteiger partial charge >= 0.3 is 0 Å². The lowest BCUT2D eigenvalue weighted by Gasteiger charge is -2.20. The van der Waals surface area contributed by atoms with Crippen LogP contribution in [0.25, 0.3) is 0 Å². The van der Waals surface area contributed by atoms with Gasteiger partial charge in [-0.15, -0.1) is 0 Å². The van der Waals surface area contributed by atoms with Crippen LogP contribution >= 0.6 is 0 Å². The van der Waals surface area contributed by atoms with Crippen molar-refractivity contribution in [2.45, 2.75) is 50.4 Å². The van der Waals surface area contributed by atoms with Crippen LogP contribution < -0.4 is 32.3 Å². The Kier molecular flexibility index (Phi) is 10.5. The van der Waals surface area contributed by atoms with E-state index in [2.05, 4.69) is 26.6 Å². The summed E-state index contributed by atoms with van der Waals surface area (Å²) in [6.07, 6.45) is 0.770. The van der Waals surface area contributed by atoms with E-state index >= 15 is 0 Å². The van der Waals surface area contributed by atoms with E-state index in [9.17, 15) is 28.4 Å². The summed E-state index contributed by atoms with van der Waals surface area (Å²) in [4.78, 5) is 61.9. The van der Waals surface area contributed by atoms with E-state index in [0.717, 1.165) is 5.56 Å². The van der Waals surface area contributed by atoms with Gasteiger partial charge in [0.15, 0.2) is 0 Å². The smallest absolute Gasteiger partial charge is 0.243 e. The zero-order valence-corrected chi connectivity index (χ0v) is 21.5. The first-order valence-electron chi connectivity index (χ1n) is 12.6. The van der Waals surface area contributed by atoms with Crippen LogP contribution in [0.15, 0.2) is 54.6 Å². The summed E-state index contributed by atoms with van der Waals surface area (Å²) < 4.78 is 13.0. The van der Waals surface area contributed by atoms with Crippen LogP contribution in [0.4, 0.5) is 4.39 Å². The van der Waals surface area contributed by atoms with Gasteiger partial charge in [0.1, 0.15) is 17.9 Å². The summed E-state index contributed by atoms with van der Waals surface area (Å²) in [7, 11) is 0.